The van der Waals surface area contributed by atoms with Gasteiger partial charge in [-0.3, -0.25) is 19.2 Å². The van der Waals surface area contributed by atoms with Gasteiger partial charge in [-0.05, 0) is 39.4 Å². The second-order valence-corrected chi connectivity index (χ2v) is 9.09. The third kappa shape index (κ3) is 5.54. The quantitative estimate of drug-likeness (QED) is 0.573. The smallest absolute Gasteiger partial charge is 0.290 e. The van der Waals surface area contributed by atoms with Gasteiger partial charge in [0.15, 0.2) is 0 Å². The van der Waals surface area contributed by atoms with Crippen molar-refractivity contribution in [2.45, 2.75) is 56.9 Å². The maximum atomic E-state index is 12.1. The molecule has 3 heterocycles. The first-order chi connectivity index (χ1) is 14.2. The SMILES string of the molecule is CSCC(=O)N[C@]1(C)CCOC2(CCN(Cc3cnn(C)c3C)CC2)[C@H]1O.O=CO. The van der Waals surface area contributed by atoms with Crippen molar-refractivity contribution in [3.63, 3.8) is 0 Å². The number of carboxylic acid groups (broad SMARTS) is 1. The van der Waals surface area contributed by atoms with Gasteiger partial charge in [0.05, 0.1) is 23.1 Å². The minimum absolute atomic E-state index is 0.0226. The highest BCUT2D eigenvalue weighted by Crippen LogP contribution is 2.40. The van der Waals surface area contributed by atoms with Crippen LogP contribution in [0, 0.1) is 6.92 Å². The molecule has 170 valence electrons. The molecule has 0 aliphatic carbocycles. The van der Waals surface area contributed by atoms with Crippen molar-refractivity contribution in [3.8, 4) is 0 Å². The van der Waals surface area contributed by atoms with Crippen molar-refractivity contribution >= 4 is 24.1 Å². The summed E-state index contributed by atoms with van der Waals surface area (Å²) in [6.07, 6.45) is 5.30. The largest absolute Gasteiger partial charge is 0.483 e. The Morgan fingerprint density at radius 3 is 2.60 bits per heavy atom. The molecule has 0 bridgehead atoms. The molecule has 3 rings (SSSR count). The highest BCUT2D eigenvalue weighted by molar-refractivity contribution is 7.99. The monoisotopic (exact) mass is 442 g/mol. The summed E-state index contributed by atoms with van der Waals surface area (Å²) in [5.74, 6) is 0.389. The van der Waals surface area contributed by atoms with Crippen molar-refractivity contribution in [1.82, 2.24) is 20.0 Å². The highest BCUT2D eigenvalue weighted by Gasteiger charge is 2.53. The molecule has 9 nitrogen and oxygen atoms in total. The molecule has 3 N–H and O–H groups in total. The zero-order valence-corrected chi connectivity index (χ0v) is 19.1. The second-order valence-electron chi connectivity index (χ2n) is 8.22. The predicted molar refractivity (Wildman–Crippen MR) is 115 cm³/mol. The zero-order valence-electron chi connectivity index (χ0n) is 18.3. The summed E-state index contributed by atoms with van der Waals surface area (Å²) in [4.78, 5) is 22.9. The van der Waals surface area contributed by atoms with Crippen LogP contribution in [-0.4, -0.2) is 86.2 Å². The third-order valence-electron chi connectivity index (χ3n) is 6.25. The van der Waals surface area contributed by atoms with Gasteiger partial charge in [0, 0.05) is 44.5 Å². The van der Waals surface area contributed by atoms with Crippen LogP contribution in [0.25, 0.3) is 0 Å². The number of piperidine rings is 1. The Labute approximate surface area is 182 Å². The number of hydrogen-bond donors (Lipinski definition) is 3. The lowest BCUT2D eigenvalue weighted by Gasteiger charge is -2.53. The Bertz CT molecular complexity index is 720. The molecule has 2 saturated heterocycles. The number of likely N-dealkylation sites (tertiary alicyclic amines) is 1. The van der Waals surface area contributed by atoms with Crippen molar-refractivity contribution in [1.29, 1.82) is 0 Å². The molecule has 2 atom stereocenters. The van der Waals surface area contributed by atoms with E-state index in [1.165, 1.54) is 23.0 Å². The fourth-order valence-corrected chi connectivity index (χ4v) is 4.66. The van der Waals surface area contributed by atoms with Crippen LogP contribution in [0.15, 0.2) is 6.20 Å². The fourth-order valence-electron chi connectivity index (χ4n) is 4.33. The molecule has 1 aromatic rings. The summed E-state index contributed by atoms with van der Waals surface area (Å²) in [6, 6.07) is 0. The van der Waals surface area contributed by atoms with Gasteiger partial charge < -0.3 is 20.3 Å². The van der Waals surface area contributed by atoms with Gasteiger partial charge in [-0.15, -0.1) is 0 Å². The van der Waals surface area contributed by atoms with Crippen LogP contribution in [0.3, 0.4) is 0 Å². The minimum Gasteiger partial charge on any atom is -0.483 e. The number of aryl methyl sites for hydroxylation is 1. The Balaban J connectivity index is 0.00000101. The number of carbonyl (C=O) groups is 2. The van der Waals surface area contributed by atoms with E-state index in [2.05, 4.69) is 22.2 Å². The Kier molecular flexibility index (Phi) is 8.72. The summed E-state index contributed by atoms with van der Waals surface area (Å²) >= 11 is 1.49. The molecule has 1 aromatic heterocycles. The standard InChI is InChI=1S/C19H32N4O3S.CH2O2/c1-14-15(11-20-22(14)3)12-23-8-5-19(6-9-23)17(25)18(2,7-10-26-19)21-16(24)13-27-4;2-1-3/h11,17,25H,5-10,12-13H2,1-4H3,(H,21,24);1H,(H,2,3)/t17-,18+;/m0./s1. The molecule has 0 aromatic carbocycles. The van der Waals surface area contributed by atoms with E-state index in [1.807, 2.05) is 31.1 Å². The topological polar surface area (TPSA) is 117 Å². The lowest BCUT2D eigenvalue weighted by Crippen LogP contribution is -2.69. The summed E-state index contributed by atoms with van der Waals surface area (Å²) < 4.78 is 8.03. The highest BCUT2D eigenvalue weighted by atomic mass is 32.2. The molecule has 2 fully saturated rings. The molecule has 30 heavy (non-hydrogen) atoms. The molecule has 0 unspecified atom stereocenters. The van der Waals surface area contributed by atoms with Crippen molar-refractivity contribution < 1.29 is 24.5 Å². The molecule has 1 spiro atoms. The van der Waals surface area contributed by atoms with Crippen LogP contribution >= 0.6 is 11.8 Å². The zero-order chi connectivity index (χ0) is 22.4. The van der Waals surface area contributed by atoms with Crippen LogP contribution in [-0.2, 0) is 27.9 Å². The van der Waals surface area contributed by atoms with E-state index in [9.17, 15) is 9.90 Å². The van der Waals surface area contributed by atoms with E-state index in [4.69, 9.17) is 14.6 Å². The number of aromatic nitrogens is 2. The van der Waals surface area contributed by atoms with Gasteiger partial charge in [0.25, 0.3) is 6.47 Å². The number of carbonyl (C=O) groups excluding carboxylic acids is 1. The van der Waals surface area contributed by atoms with Crippen LogP contribution in [0.5, 0.6) is 0 Å². The molecular formula is C20H34N4O5S. The van der Waals surface area contributed by atoms with Crippen molar-refractivity contribution in [2.24, 2.45) is 7.05 Å². The van der Waals surface area contributed by atoms with Crippen LogP contribution < -0.4 is 5.32 Å². The molecule has 0 saturated carbocycles. The first-order valence-electron chi connectivity index (χ1n) is 10.1. The maximum Gasteiger partial charge on any atom is 0.290 e. The number of amides is 1. The minimum atomic E-state index is -0.702. The van der Waals surface area contributed by atoms with Gasteiger partial charge in [-0.2, -0.15) is 16.9 Å². The molecular weight excluding hydrogens is 408 g/mol. The predicted octanol–water partition coefficient (Wildman–Crippen LogP) is 0.783. The first-order valence-corrected chi connectivity index (χ1v) is 11.5. The lowest BCUT2D eigenvalue weighted by atomic mass is 9.73. The van der Waals surface area contributed by atoms with E-state index in [-0.39, 0.29) is 12.4 Å². The van der Waals surface area contributed by atoms with E-state index in [0.29, 0.717) is 18.8 Å². The number of nitrogens with zero attached hydrogens (tertiary/aromatic N) is 3. The molecule has 10 heteroatoms. The van der Waals surface area contributed by atoms with Crippen LogP contribution in [0.4, 0.5) is 0 Å². The Morgan fingerprint density at radius 1 is 1.43 bits per heavy atom. The third-order valence-corrected chi connectivity index (χ3v) is 6.80. The lowest BCUT2D eigenvalue weighted by molar-refractivity contribution is -0.208. The van der Waals surface area contributed by atoms with E-state index in [1.54, 1.807) is 0 Å². The van der Waals surface area contributed by atoms with Gasteiger partial charge in [-0.1, -0.05) is 0 Å². The van der Waals surface area contributed by atoms with Crippen LogP contribution in [0.1, 0.15) is 37.4 Å². The number of aliphatic hydroxyl groups is 1. The summed E-state index contributed by atoms with van der Waals surface area (Å²) in [5.41, 5.74) is 1.23. The maximum absolute atomic E-state index is 12.1. The normalized spacial score (nSPS) is 26.0. The average molecular weight is 443 g/mol. The molecule has 2 aliphatic heterocycles. The fraction of sp³-hybridized carbons (Fsp3) is 0.750. The van der Waals surface area contributed by atoms with E-state index < -0.39 is 17.2 Å². The van der Waals surface area contributed by atoms with Gasteiger partial charge in [0.1, 0.15) is 6.10 Å². The number of nitrogens with one attached hydrogen (secondary N) is 1. The van der Waals surface area contributed by atoms with E-state index in [0.717, 1.165) is 32.5 Å². The van der Waals surface area contributed by atoms with E-state index >= 15 is 0 Å². The summed E-state index contributed by atoms with van der Waals surface area (Å²) in [5, 5.41) is 25.4. The number of thioether (sulfide) groups is 1. The summed E-state index contributed by atoms with van der Waals surface area (Å²) in [6.45, 7) is 6.94. The Morgan fingerprint density at radius 2 is 2.07 bits per heavy atom. The van der Waals surface area contributed by atoms with Gasteiger partial charge >= 0.3 is 0 Å². The molecule has 0 radical (unpaired) electrons. The molecule has 2 aliphatic rings. The molecule has 1 amide bonds. The Hall–Kier alpha value is -1.62. The first kappa shape index (κ1) is 24.6. The number of ether oxygens (including phenoxy) is 1. The van der Waals surface area contributed by atoms with Crippen molar-refractivity contribution in [2.75, 3.05) is 31.7 Å². The number of aliphatic hydroxyl groups excluding tert-OH is 1. The second kappa shape index (κ2) is 10.6. The summed E-state index contributed by atoms with van der Waals surface area (Å²) in [7, 11) is 1.96. The van der Waals surface area contributed by atoms with Crippen molar-refractivity contribution in [3.05, 3.63) is 17.5 Å². The average Bonchev–Trinajstić information content (AvgIpc) is 3.01. The van der Waals surface area contributed by atoms with Crippen LogP contribution in [0.2, 0.25) is 0 Å². The number of rotatable bonds is 5. The van der Waals surface area contributed by atoms with Gasteiger partial charge in [-0.25, -0.2) is 0 Å². The van der Waals surface area contributed by atoms with Gasteiger partial charge in [0.2, 0.25) is 5.91 Å². The number of hydrogen-bond acceptors (Lipinski definition) is 7.